The number of carbonyl (C=O) groups excluding carboxylic acids is 1. The maximum Gasteiger partial charge on any atom is 0.251 e. The van der Waals surface area contributed by atoms with Gasteiger partial charge in [0.05, 0.1) is 17.2 Å². The Morgan fingerprint density at radius 3 is 2.35 bits per heavy atom. The SMILES string of the molecule is CC(NC(=O)c1ccc(N=Nc2c(O)[nH]c3ccc(Br)cc23)cc1)c1ccc(Br)cc1. The molecular weight excluding hydrogens is 524 g/mol. The summed E-state index contributed by atoms with van der Waals surface area (Å²) >= 11 is 6.83. The maximum absolute atomic E-state index is 12.6. The van der Waals surface area contributed by atoms with Gasteiger partial charge in [0.15, 0.2) is 5.69 Å². The van der Waals surface area contributed by atoms with E-state index in [4.69, 9.17) is 0 Å². The number of halogens is 2. The van der Waals surface area contributed by atoms with Crippen LogP contribution < -0.4 is 5.32 Å². The number of amides is 1. The Morgan fingerprint density at radius 2 is 1.65 bits per heavy atom. The van der Waals surface area contributed by atoms with Crippen LogP contribution >= 0.6 is 31.9 Å². The van der Waals surface area contributed by atoms with Crippen LogP contribution in [0.3, 0.4) is 0 Å². The molecule has 0 bridgehead atoms. The molecule has 3 N–H and O–H groups in total. The van der Waals surface area contributed by atoms with Crippen LogP contribution in [-0.2, 0) is 0 Å². The third-order valence-electron chi connectivity index (χ3n) is 4.83. The van der Waals surface area contributed by atoms with Gasteiger partial charge in [-0.3, -0.25) is 4.79 Å². The summed E-state index contributed by atoms with van der Waals surface area (Å²) in [4.78, 5) is 15.4. The Balaban J connectivity index is 1.47. The lowest BCUT2D eigenvalue weighted by Gasteiger charge is -2.14. The van der Waals surface area contributed by atoms with Gasteiger partial charge in [-0.05, 0) is 67.1 Å². The Labute approximate surface area is 195 Å². The molecule has 156 valence electrons. The molecule has 0 aliphatic heterocycles. The Kier molecular flexibility index (Phi) is 6.20. The smallest absolute Gasteiger partial charge is 0.251 e. The van der Waals surface area contributed by atoms with Crippen LogP contribution in [0.2, 0.25) is 0 Å². The van der Waals surface area contributed by atoms with Crippen molar-refractivity contribution >= 4 is 60.0 Å². The van der Waals surface area contributed by atoms with Crippen molar-refractivity contribution in [1.29, 1.82) is 0 Å². The number of aromatic nitrogens is 1. The molecule has 0 fully saturated rings. The summed E-state index contributed by atoms with van der Waals surface area (Å²) in [6.07, 6.45) is 0. The van der Waals surface area contributed by atoms with E-state index in [1.54, 1.807) is 24.3 Å². The Hall–Kier alpha value is -2.97. The molecule has 0 radical (unpaired) electrons. The molecule has 4 aromatic rings. The average Bonchev–Trinajstić information content (AvgIpc) is 3.07. The molecule has 0 saturated carbocycles. The summed E-state index contributed by atoms with van der Waals surface area (Å²) in [7, 11) is 0. The van der Waals surface area contributed by atoms with Crippen LogP contribution in [-0.4, -0.2) is 16.0 Å². The fourth-order valence-corrected chi connectivity index (χ4v) is 3.76. The number of carbonyl (C=O) groups is 1. The van der Waals surface area contributed by atoms with E-state index in [0.29, 0.717) is 16.9 Å². The summed E-state index contributed by atoms with van der Waals surface area (Å²) in [5.74, 6) is -0.215. The molecule has 0 spiro atoms. The van der Waals surface area contributed by atoms with E-state index >= 15 is 0 Å². The molecule has 0 saturated heterocycles. The highest BCUT2D eigenvalue weighted by atomic mass is 79.9. The molecule has 0 aliphatic carbocycles. The Bertz CT molecular complexity index is 1270. The number of hydrogen-bond acceptors (Lipinski definition) is 4. The van der Waals surface area contributed by atoms with Crippen LogP contribution in [0.15, 0.2) is 85.9 Å². The molecule has 8 heteroatoms. The quantitative estimate of drug-likeness (QED) is 0.231. The van der Waals surface area contributed by atoms with Gasteiger partial charge < -0.3 is 15.4 Å². The zero-order chi connectivity index (χ0) is 22.0. The first-order valence-electron chi connectivity index (χ1n) is 9.49. The van der Waals surface area contributed by atoms with Gasteiger partial charge in [-0.2, -0.15) is 5.11 Å². The van der Waals surface area contributed by atoms with E-state index in [0.717, 1.165) is 25.4 Å². The van der Waals surface area contributed by atoms with E-state index in [-0.39, 0.29) is 17.8 Å². The number of aromatic amines is 1. The van der Waals surface area contributed by atoms with E-state index in [9.17, 15) is 9.90 Å². The zero-order valence-electron chi connectivity index (χ0n) is 16.4. The molecule has 1 amide bonds. The second-order valence-electron chi connectivity index (χ2n) is 7.01. The van der Waals surface area contributed by atoms with Crippen molar-refractivity contribution in [1.82, 2.24) is 10.3 Å². The number of hydrogen-bond donors (Lipinski definition) is 3. The van der Waals surface area contributed by atoms with Crippen molar-refractivity contribution in [3.63, 3.8) is 0 Å². The highest BCUT2D eigenvalue weighted by molar-refractivity contribution is 9.10. The lowest BCUT2D eigenvalue weighted by molar-refractivity contribution is 0.0940. The second kappa shape index (κ2) is 9.03. The summed E-state index contributed by atoms with van der Waals surface area (Å²) in [5.41, 5.74) is 3.25. The molecule has 1 atom stereocenters. The summed E-state index contributed by atoms with van der Waals surface area (Å²) < 4.78 is 1.87. The standard InChI is InChI=1S/C23H18Br2N4O2/c1-13(14-2-6-16(24)7-3-14)26-22(30)15-4-9-18(10-5-15)28-29-21-19-12-17(25)8-11-20(19)27-23(21)31/h2-13,27,31H,1H3,(H,26,30). The highest BCUT2D eigenvalue weighted by Crippen LogP contribution is 2.37. The number of benzene rings is 3. The predicted molar refractivity (Wildman–Crippen MR) is 128 cm³/mol. The third kappa shape index (κ3) is 4.86. The molecular formula is C23H18Br2N4O2. The van der Waals surface area contributed by atoms with Gasteiger partial charge in [0.2, 0.25) is 5.88 Å². The van der Waals surface area contributed by atoms with Gasteiger partial charge in [-0.15, -0.1) is 5.11 Å². The van der Waals surface area contributed by atoms with Crippen LogP contribution in [0.25, 0.3) is 10.9 Å². The van der Waals surface area contributed by atoms with E-state index in [1.165, 1.54) is 0 Å². The molecule has 1 unspecified atom stereocenters. The Morgan fingerprint density at radius 1 is 0.968 bits per heavy atom. The van der Waals surface area contributed by atoms with Crippen LogP contribution in [0.1, 0.15) is 28.9 Å². The van der Waals surface area contributed by atoms with E-state index < -0.39 is 0 Å². The molecule has 1 aromatic heterocycles. The van der Waals surface area contributed by atoms with E-state index in [1.807, 2.05) is 49.4 Å². The fourth-order valence-electron chi connectivity index (χ4n) is 3.14. The van der Waals surface area contributed by atoms with Crippen molar-refractivity contribution in [2.24, 2.45) is 10.2 Å². The molecule has 6 nitrogen and oxygen atoms in total. The lowest BCUT2D eigenvalue weighted by Crippen LogP contribution is -2.26. The minimum absolute atomic E-state index is 0.0465. The van der Waals surface area contributed by atoms with Crippen molar-refractivity contribution in [3.8, 4) is 5.88 Å². The number of nitrogens with one attached hydrogen (secondary N) is 2. The molecule has 31 heavy (non-hydrogen) atoms. The lowest BCUT2D eigenvalue weighted by atomic mass is 10.1. The molecule has 4 rings (SSSR count). The summed E-state index contributed by atoms with van der Waals surface area (Å²) in [6, 6.07) is 20.1. The van der Waals surface area contributed by atoms with Crippen molar-refractivity contribution in [3.05, 3.63) is 86.8 Å². The first-order valence-corrected chi connectivity index (χ1v) is 11.1. The maximum atomic E-state index is 12.6. The number of rotatable bonds is 5. The molecule has 0 aliphatic rings. The van der Waals surface area contributed by atoms with Crippen LogP contribution in [0.4, 0.5) is 11.4 Å². The first-order chi connectivity index (χ1) is 14.9. The van der Waals surface area contributed by atoms with E-state index in [2.05, 4.69) is 52.4 Å². The minimum atomic E-state index is -0.168. The normalized spacial score (nSPS) is 12.4. The van der Waals surface area contributed by atoms with Gasteiger partial charge in [0.25, 0.3) is 5.91 Å². The average molecular weight is 542 g/mol. The summed E-state index contributed by atoms with van der Waals surface area (Å²) in [5, 5.41) is 22.3. The molecule has 1 heterocycles. The third-order valence-corrected chi connectivity index (χ3v) is 5.85. The van der Waals surface area contributed by atoms with Crippen molar-refractivity contribution < 1.29 is 9.90 Å². The van der Waals surface area contributed by atoms with Gasteiger partial charge in [-0.25, -0.2) is 0 Å². The van der Waals surface area contributed by atoms with Gasteiger partial charge in [0.1, 0.15) is 0 Å². The number of H-pyrrole nitrogens is 1. The number of azo groups is 1. The summed E-state index contributed by atoms with van der Waals surface area (Å²) in [6.45, 7) is 1.94. The number of nitrogens with zero attached hydrogens (tertiary/aromatic N) is 2. The highest BCUT2D eigenvalue weighted by Gasteiger charge is 2.12. The van der Waals surface area contributed by atoms with Crippen molar-refractivity contribution in [2.45, 2.75) is 13.0 Å². The fraction of sp³-hybridized carbons (Fsp3) is 0.0870. The number of fused-ring (bicyclic) bond motifs is 1. The monoisotopic (exact) mass is 540 g/mol. The topological polar surface area (TPSA) is 89.8 Å². The van der Waals surface area contributed by atoms with Crippen molar-refractivity contribution in [2.75, 3.05) is 0 Å². The van der Waals surface area contributed by atoms with Gasteiger partial charge in [0, 0.05) is 19.9 Å². The largest absolute Gasteiger partial charge is 0.493 e. The van der Waals surface area contributed by atoms with Gasteiger partial charge in [-0.1, -0.05) is 44.0 Å². The molecule has 3 aromatic carbocycles. The van der Waals surface area contributed by atoms with Crippen LogP contribution in [0.5, 0.6) is 5.88 Å². The zero-order valence-corrected chi connectivity index (χ0v) is 19.6. The predicted octanol–water partition coefficient (Wildman–Crippen LogP) is 7.30. The minimum Gasteiger partial charge on any atom is -0.493 e. The first kappa shape index (κ1) is 21.3. The number of aromatic hydroxyl groups is 1. The van der Waals surface area contributed by atoms with Gasteiger partial charge >= 0.3 is 0 Å². The van der Waals surface area contributed by atoms with Crippen LogP contribution in [0, 0.1) is 0 Å². The second-order valence-corrected chi connectivity index (χ2v) is 8.84.